The number of rotatable bonds is 3. The molecular formula is C22H21N3O3. The summed E-state index contributed by atoms with van der Waals surface area (Å²) >= 11 is 0. The molecule has 1 fully saturated rings. The Labute approximate surface area is 162 Å². The van der Waals surface area contributed by atoms with Crippen molar-refractivity contribution in [2.45, 2.75) is 20.3 Å². The van der Waals surface area contributed by atoms with Crippen LogP contribution in [-0.4, -0.2) is 23.3 Å². The molecule has 2 amide bonds. The van der Waals surface area contributed by atoms with Crippen LogP contribution in [0.25, 0.3) is 10.9 Å². The number of fused-ring (bicyclic) bond motifs is 1. The summed E-state index contributed by atoms with van der Waals surface area (Å²) in [6, 6.07) is 14.7. The number of aromatic nitrogens is 1. The highest BCUT2D eigenvalue weighted by atomic mass is 16.2. The SMILES string of the molecule is Cc1ccc(N2CC(C(=O)Nc3ccc4c(C)cc(=O)[nH]c4c3)CC2=O)cc1. The molecule has 0 radical (unpaired) electrons. The number of carbonyl (C=O) groups is 2. The van der Waals surface area contributed by atoms with E-state index < -0.39 is 5.92 Å². The second-order valence-electron chi connectivity index (χ2n) is 7.31. The standard InChI is InChI=1S/C22H21N3O3/c1-13-3-6-17(7-4-13)25-12-15(10-21(25)27)22(28)23-16-5-8-18-14(2)9-20(26)24-19(18)11-16/h3-9,11,15H,10,12H2,1-2H3,(H,23,28)(H,24,26). The Bertz CT molecular complexity index is 1130. The summed E-state index contributed by atoms with van der Waals surface area (Å²) in [5, 5.41) is 3.81. The van der Waals surface area contributed by atoms with Gasteiger partial charge in [0.15, 0.2) is 0 Å². The zero-order valence-electron chi connectivity index (χ0n) is 15.8. The van der Waals surface area contributed by atoms with Gasteiger partial charge in [-0.1, -0.05) is 23.8 Å². The lowest BCUT2D eigenvalue weighted by Crippen LogP contribution is -2.28. The van der Waals surface area contributed by atoms with Gasteiger partial charge >= 0.3 is 0 Å². The minimum absolute atomic E-state index is 0.0533. The van der Waals surface area contributed by atoms with Crippen molar-refractivity contribution in [3.8, 4) is 0 Å². The maximum Gasteiger partial charge on any atom is 0.248 e. The number of hydrogen-bond donors (Lipinski definition) is 2. The third kappa shape index (κ3) is 3.41. The van der Waals surface area contributed by atoms with Crippen LogP contribution < -0.4 is 15.8 Å². The molecule has 6 nitrogen and oxygen atoms in total. The molecule has 2 heterocycles. The van der Waals surface area contributed by atoms with Crippen LogP contribution in [0.3, 0.4) is 0 Å². The first kappa shape index (κ1) is 18.0. The van der Waals surface area contributed by atoms with Crippen LogP contribution in [0.2, 0.25) is 0 Å². The van der Waals surface area contributed by atoms with Gasteiger partial charge in [-0.2, -0.15) is 0 Å². The van der Waals surface area contributed by atoms with Gasteiger partial charge in [0.2, 0.25) is 17.4 Å². The maximum atomic E-state index is 12.7. The van der Waals surface area contributed by atoms with Gasteiger partial charge in [0.1, 0.15) is 0 Å². The fourth-order valence-electron chi connectivity index (χ4n) is 3.61. The molecule has 2 N–H and O–H groups in total. The van der Waals surface area contributed by atoms with Crippen LogP contribution in [0.4, 0.5) is 11.4 Å². The molecule has 0 bridgehead atoms. The van der Waals surface area contributed by atoms with E-state index in [2.05, 4.69) is 10.3 Å². The first-order chi connectivity index (χ1) is 13.4. The number of anilines is 2. The summed E-state index contributed by atoms with van der Waals surface area (Å²) in [6.45, 7) is 4.22. The lowest BCUT2D eigenvalue weighted by Gasteiger charge is -2.17. The zero-order valence-corrected chi connectivity index (χ0v) is 15.8. The number of H-pyrrole nitrogens is 1. The van der Waals surface area contributed by atoms with Gasteiger partial charge < -0.3 is 15.2 Å². The van der Waals surface area contributed by atoms with Crippen molar-refractivity contribution in [1.82, 2.24) is 4.98 Å². The van der Waals surface area contributed by atoms with Crippen molar-refractivity contribution in [2.24, 2.45) is 5.92 Å². The fraction of sp³-hybridized carbons (Fsp3) is 0.227. The fourth-order valence-corrected chi connectivity index (χ4v) is 3.61. The third-order valence-electron chi connectivity index (χ3n) is 5.16. The molecule has 1 aliphatic rings. The molecule has 1 unspecified atom stereocenters. The highest BCUT2D eigenvalue weighted by Crippen LogP contribution is 2.27. The van der Waals surface area contributed by atoms with E-state index in [4.69, 9.17) is 0 Å². The van der Waals surface area contributed by atoms with Crippen LogP contribution in [0.1, 0.15) is 17.5 Å². The van der Waals surface area contributed by atoms with Crippen LogP contribution in [0.15, 0.2) is 53.3 Å². The van der Waals surface area contributed by atoms with E-state index >= 15 is 0 Å². The number of carbonyl (C=O) groups excluding carboxylic acids is 2. The van der Waals surface area contributed by atoms with Crippen molar-refractivity contribution >= 4 is 34.1 Å². The van der Waals surface area contributed by atoms with Crippen molar-refractivity contribution in [3.05, 3.63) is 70.0 Å². The summed E-state index contributed by atoms with van der Waals surface area (Å²) in [7, 11) is 0. The molecule has 1 atom stereocenters. The lowest BCUT2D eigenvalue weighted by molar-refractivity contribution is -0.122. The highest BCUT2D eigenvalue weighted by molar-refractivity contribution is 6.04. The predicted octanol–water partition coefficient (Wildman–Crippen LogP) is 3.14. The topological polar surface area (TPSA) is 82.3 Å². The minimum Gasteiger partial charge on any atom is -0.326 e. The minimum atomic E-state index is -0.416. The van der Waals surface area contributed by atoms with E-state index in [9.17, 15) is 14.4 Å². The number of aryl methyl sites for hydroxylation is 2. The van der Waals surface area contributed by atoms with Crippen molar-refractivity contribution in [1.29, 1.82) is 0 Å². The molecule has 1 saturated heterocycles. The molecule has 2 aromatic carbocycles. The molecular weight excluding hydrogens is 354 g/mol. The third-order valence-corrected chi connectivity index (χ3v) is 5.16. The smallest absolute Gasteiger partial charge is 0.248 e. The molecule has 28 heavy (non-hydrogen) atoms. The number of benzene rings is 2. The summed E-state index contributed by atoms with van der Waals surface area (Å²) in [6.07, 6.45) is 0.184. The first-order valence-electron chi connectivity index (χ1n) is 9.22. The van der Waals surface area contributed by atoms with Gasteiger partial charge in [0, 0.05) is 35.8 Å². The molecule has 4 rings (SSSR count). The molecule has 1 aromatic heterocycles. The summed E-state index contributed by atoms with van der Waals surface area (Å²) in [5.74, 6) is -0.666. The van der Waals surface area contributed by atoms with Crippen molar-refractivity contribution in [3.63, 3.8) is 0 Å². The molecule has 0 aliphatic carbocycles. The van der Waals surface area contributed by atoms with Crippen LogP contribution in [-0.2, 0) is 9.59 Å². The lowest BCUT2D eigenvalue weighted by atomic mass is 10.1. The average Bonchev–Trinajstić information content (AvgIpc) is 3.04. The normalized spacial score (nSPS) is 16.6. The van der Waals surface area contributed by atoms with E-state index in [1.165, 1.54) is 0 Å². The zero-order chi connectivity index (χ0) is 19.8. The van der Waals surface area contributed by atoms with E-state index in [-0.39, 0.29) is 23.8 Å². The second kappa shape index (κ2) is 6.96. The number of pyridine rings is 1. The maximum absolute atomic E-state index is 12.7. The van der Waals surface area contributed by atoms with Gasteiger partial charge in [0.25, 0.3) is 0 Å². The summed E-state index contributed by atoms with van der Waals surface area (Å²) < 4.78 is 0. The largest absolute Gasteiger partial charge is 0.326 e. The first-order valence-corrected chi connectivity index (χ1v) is 9.22. The molecule has 1 aliphatic heterocycles. The van der Waals surface area contributed by atoms with Gasteiger partial charge in [-0.15, -0.1) is 0 Å². The number of hydrogen-bond acceptors (Lipinski definition) is 3. The van der Waals surface area contributed by atoms with Crippen molar-refractivity contribution in [2.75, 3.05) is 16.8 Å². The molecule has 0 spiro atoms. The molecule has 142 valence electrons. The van der Waals surface area contributed by atoms with Crippen LogP contribution in [0, 0.1) is 19.8 Å². The Morgan fingerprint density at radius 1 is 1.07 bits per heavy atom. The molecule has 6 heteroatoms. The predicted molar refractivity (Wildman–Crippen MR) is 110 cm³/mol. The number of aromatic amines is 1. The monoisotopic (exact) mass is 375 g/mol. The second-order valence-corrected chi connectivity index (χ2v) is 7.31. The van der Waals surface area contributed by atoms with Crippen molar-refractivity contribution < 1.29 is 9.59 Å². The Hall–Kier alpha value is -3.41. The van der Waals surface area contributed by atoms with Gasteiger partial charge in [0.05, 0.1) is 11.4 Å². The van der Waals surface area contributed by atoms with Gasteiger partial charge in [-0.25, -0.2) is 0 Å². The van der Waals surface area contributed by atoms with Gasteiger partial charge in [-0.05, 0) is 43.7 Å². The quantitative estimate of drug-likeness (QED) is 0.738. The Morgan fingerprint density at radius 3 is 2.57 bits per heavy atom. The number of nitrogens with one attached hydrogen (secondary N) is 2. The Morgan fingerprint density at radius 2 is 1.82 bits per heavy atom. The highest BCUT2D eigenvalue weighted by Gasteiger charge is 2.35. The number of amides is 2. The Balaban J connectivity index is 1.51. The van der Waals surface area contributed by atoms with E-state index in [1.54, 1.807) is 23.1 Å². The Kier molecular flexibility index (Phi) is 4.47. The van der Waals surface area contributed by atoms with Gasteiger partial charge in [-0.3, -0.25) is 14.4 Å². The molecule has 3 aromatic rings. The summed E-state index contributed by atoms with van der Waals surface area (Å²) in [5.41, 5.74) is 3.90. The van der Waals surface area contributed by atoms with E-state index in [0.717, 1.165) is 22.2 Å². The number of nitrogens with zero attached hydrogens (tertiary/aromatic N) is 1. The summed E-state index contributed by atoms with van der Waals surface area (Å²) in [4.78, 5) is 41.2. The molecule has 0 saturated carbocycles. The van der Waals surface area contributed by atoms with Crippen LogP contribution >= 0.6 is 0 Å². The van der Waals surface area contributed by atoms with E-state index in [1.807, 2.05) is 44.2 Å². The van der Waals surface area contributed by atoms with Crippen LogP contribution in [0.5, 0.6) is 0 Å². The van der Waals surface area contributed by atoms with E-state index in [0.29, 0.717) is 17.7 Å². The average molecular weight is 375 g/mol.